The van der Waals surface area contributed by atoms with Crippen molar-refractivity contribution in [2.45, 2.75) is 63.8 Å². The lowest BCUT2D eigenvalue weighted by atomic mass is 9.83. The number of urea groups is 1. The Hall–Kier alpha value is -2.12. The lowest BCUT2D eigenvalue weighted by Gasteiger charge is -2.34. The molecular formula is C26H39N3O4. The number of benzene rings is 1. The van der Waals surface area contributed by atoms with Gasteiger partial charge >= 0.3 is 12.0 Å². The highest BCUT2D eigenvalue weighted by molar-refractivity contribution is 5.94. The number of aliphatic hydroxyl groups excluding tert-OH is 1. The molecule has 1 saturated carbocycles. The molecule has 7 heteroatoms. The summed E-state index contributed by atoms with van der Waals surface area (Å²) >= 11 is 0. The van der Waals surface area contributed by atoms with Crippen LogP contribution < -0.4 is 4.90 Å². The second kappa shape index (κ2) is 11.3. The fourth-order valence-corrected chi connectivity index (χ4v) is 5.75. The van der Waals surface area contributed by atoms with E-state index in [0.29, 0.717) is 18.4 Å². The van der Waals surface area contributed by atoms with Gasteiger partial charge in [-0.1, -0.05) is 6.07 Å². The number of fused-ring (bicyclic) bond motifs is 1. The Morgan fingerprint density at radius 2 is 1.82 bits per heavy atom. The average Bonchev–Trinajstić information content (AvgIpc) is 3.11. The Morgan fingerprint density at radius 1 is 1.06 bits per heavy atom. The molecule has 0 radical (unpaired) electrons. The summed E-state index contributed by atoms with van der Waals surface area (Å²) in [6, 6.07) is 7.02. The number of esters is 1. The standard InChI is InChI=1S/C26H39N3O4/c1-33-25(31)10-5-20-3-7-23(8-4-20)28-16-17-29(26(28)32)24-9-6-21-11-14-27(13-2-18-30)15-12-22(21)19-24/h6,9,19-20,23,30H,2-5,7-8,10-18H2,1H3. The van der Waals surface area contributed by atoms with E-state index in [4.69, 9.17) is 9.84 Å². The minimum Gasteiger partial charge on any atom is -0.469 e. The van der Waals surface area contributed by atoms with Crippen LogP contribution in [-0.2, 0) is 22.4 Å². The van der Waals surface area contributed by atoms with Gasteiger partial charge in [0.1, 0.15) is 0 Å². The minimum absolute atomic E-state index is 0.124. The van der Waals surface area contributed by atoms with Crippen molar-refractivity contribution in [3.8, 4) is 0 Å². The maximum atomic E-state index is 13.3. The van der Waals surface area contributed by atoms with Gasteiger partial charge in [0.25, 0.3) is 0 Å². The van der Waals surface area contributed by atoms with Gasteiger partial charge in [-0.15, -0.1) is 0 Å². The molecule has 4 rings (SSSR count). The van der Waals surface area contributed by atoms with Gasteiger partial charge in [0.15, 0.2) is 0 Å². The maximum absolute atomic E-state index is 13.3. The van der Waals surface area contributed by atoms with Gasteiger partial charge in [0.2, 0.25) is 0 Å². The number of nitrogens with zero attached hydrogens (tertiary/aromatic N) is 3. The van der Waals surface area contributed by atoms with E-state index in [1.165, 1.54) is 18.2 Å². The SMILES string of the molecule is COC(=O)CCC1CCC(N2CCN(c3ccc4c(c3)CCN(CCCO)CC4)C2=O)CC1. The van der Waals surface area contributed by atoms with E-state index in [-0.39, 0.29) is 18.6 Å². The summed E-state index contributed by atoms with van der Waals surface area (Å²) in [5, 5.41) is 9.12. The summed E-state index contributed by atoms with van der Waals surface area (Å²) in [4.78, 5) is 31.2. The van der Waals surface area contributed by atoms with Crippen LogP contribution in [0.5, 0.6) is 0 Å². The van der Waals surface area contributed by atoms with Crippen LogP contribution in [0.1, 0.15) is 56.1 Å². The number of hydrogen-bond donors (Lipinski definition) is 1. The molecule has 2 fully saturated rings. The first kappa shape index (κ1) is 24.0. The molecule has 2 aliphatic heterocycles. The molecule has 2 heterocycles. The monoisotopic (exact) mass is 457 g/mol. The predicted molar refractivity (Wildman–Crippen MR) is 128 cm³/mol. The third-order valence-corrected chi connectivity index (χ3v) is 7.81. The van der Waals surface area contributed by atoms with E-state index in [1.807, 2.05) is 4.90 Å². The first-order chi connectivity index (χ1) is 16.1. The Balaban J connectivity index is 1.32. The van der Waals surface area contributed by atoms with E-state index in [9.17, 15) is 9.59 Å². The van der Waals surface area contributed by atoms with Gasteiger partial charge < -0.3 is 19.6 Å². The van der Waals surface area contributed by atoms with Crippen LogP contribution in [-0.4, -0.2) is 79.4 Å². The Bertz CT molecular complexity index is 822. The van der Waals surface area contributed by atoms with Crippen molar-refractivity contribution in [1.82, 2.24) is 9.80 Å². The number of ether oxygens (including phenoxy) is 1. The highest BCUT2D eigenvalue weighted by Crippen LogP contribution is 2.33. The number of methoxy groups -OCH3 is 1. The van der Waals surface area contributed by atoms with Crippen LogP contribution >= 0.6 is 0 Å². The van der Waals surface area contributed by atoms with Crippen LogP contribution in [0.2, 0.25) is 0 Å². The van der Waals surface area contributed by atoms with Crippen molar-refractivity contribution < 1.29 is 19.4 Å². The van der Waals surface area contributed by atoms with E-state index in [1.54, 1.807) is 0 Å². The first-order valence-electron chi connectivity index (χ1n) is 12.7. The molecule has 182 valence electrons. The molecule has 1 aliphatic carbocycles. The van der Waals surface area contributed by atoms with E-state index >= 15 is 0 Å². The maximum Gasteiger partial charge on any atom is 0.324 e. The summed E-state index contributed by atoms with van der Waals surface area (Å²) in [5.41, 5.74) is 3.77. The van der Waals surface area contributed by atoms with E-state index in [2.05, 4.69) is 28.0 Å². The summed E-state index contributed by atoms with van der Waals surface area (Å²) < 4.78 is 4.77. The molecule has 1 N–H and O–H groups in total. The van der Waals surface area contributed by atoms with Crippen LogP contribution in [0.4, 0.5) is 10.5 Å². The van der Waals surface area contributed by atoms with E-state index in [0.717, 1.165) is 89.8 Å². The largest absolute Gasteiger partial charge is 0.469 e. The van der Waals surface area contributed by atoms with Gasteiger partial charge in [-0.25, -0.2) is 4.79 Å². The fraction of sp³-hybridized carbons (Fsp3) is 0.692. The molecule has 1 aromatic carbocycles. The molecular weight excluding hydrogens is 418 g/mol. The topological polar surface area (TPSA) is 73.3 Å². The summed E-state index contributed by atoms with van der Waals surface area (Å²) in [5.74, 6) is 0.441. The van der Waals surface area contributed by atoms with Gasteiger partial charge in [-0.05, 0) is 80.5 Å². The third kappa shape index (κ3) is 5.87. The zero-order valence-corrected chi connectivity index (χ0v) is 20.0. The number of hydrogen-bond acceptors (Lipinski definition) is 5. The van der Waals surface area contributed by atoms with Crippen LogP contribution in [0.3, 0.4) is 0 Å². The molecule has 2 amide bonds. The molecule has 3 aliphatic rings. The summed E-state index contributed by atoms with van der Waals surface area (Å²) in [6.45, 7) is 4.78. The van der Waals surface area contributed by atoms with Crippen LogP contribution in [0.15, 0.2) is 18.2 Å². The highest BCUT2D eigenvalue weighted by Gasteiger charge is 2.36. The highest BCUT2D eigenvalue weighted by atomic mass is 16.5. The predicted octanol–water partition coefficient (Wildman–Crippen LogP) is 3.22. The molecule has 0 spiro atoms. The molecule has 0 unspecified atom stereocenters. The van der Waals surface area contributed by atoms with Crippen molar-refractivity contribution in [1.29, 1.82) is 0 Å². The molecule has 33 heavy (non-hydrogen) atoms. The quantitative estimate of drug-likeness (QED) is 0.607. The molecule has 7 nitrogen and oxygen atoms in total. The van der Waals surface area contributed by atoms with Crippen LogP contribution in [0, 0.1) is 5.92 Å². The lowest BCUT2D eigenvalue weighted by molar-refractivity contribution is -0.141. The van der Waals surface area contributed by atoms with Crippen molar-refractivity contribution >= 4 is 17.7 Å². The number of carbonyl (C=O) groups is 2. The fourth-order valence-electron chi connectivity index (χ4n) is 5.75. The molecule has 0 atom stereocenters. The van der Waals surface area contributed by atoms with Crippen molar-refractivity contribution in [3.05, 3.63) is 29.3 Å². The van der Waals surface area contributed by atoms with Gasteiger partial charge in [0.05, 0.1) is 7.11 Å². The Morgan fingerprint density at radius 3 is 2.55 bits per heavy atom. The van der Waals surface area contributed by atoms with Gasteiger partial charge in [-0.2, -0.15) is 0 Å². The van der Waals surface area contributed by atoms with E-state index < -0.39 is 0 Å². The van der Waals surface area contributed by atoms with Gasteiger partial charge in [-0.3, -0.25) is 9.69 Å². The summed E-state index contributed by atoms with van der Waals surface area (Å²) in [7, 11) is 1.45. The number of rotatable bonds is 8. The number of carbonyl (C=O) groups excluding carboxylic acids is 2. The normalized spacial score (nSPS) is 24.0. The van der Waals surface area contributed by atoms with Crippen molar-refractivity contribution in [3.63, 3.8) is 0 Å². The van der Waals surface area contributed by atoms with Gasteiger partial charge in [0, 0.05) is 57.5 Å². The molecule has 1 saturated heterocycles. The number of anilines is 1. The molecule has 1 aromatic rings. The molecule has 0 aromatic heterocycles. The molecule has 0 bridgehead atoms. The third-order valence-electron chi connectivity index (χ3n) is 7.81. The second-order valence-corrected chi connectivity index (χ2v) is 9.79. The summed E-state index contributed by atoms with van der Waals surface area (Å²) in [6.07, 6.45) is 8.46. The number of amides is 2. The lowest BCUT2D eigenvalue weighted by Crippen LogP contribution is -2.41. The second-order valence-electron chi connectivity index (χ2n) is 9.79. The zero-order chi connectivity index (χ0) is 23.2. The average molecular weight is 458 g/mol. The number of aliphatic hydroxyl groups is 1. The first-order valence-corrected chi connectivity index (χ1v) is 12.7. The Labute approximate surface area is 197 Å². The van der Waals surface area contributed by atoms with Crippen molar-refractivity contribution in [2.24, 2.45) is 5.92 Å². The smallest absolute Gasteiger partial charge is 0.324 e. The van der Waals surface area contributed by atoms with Crippen molar-refractivity contribution in [2.75, 3.05) is 51.3 Å². The van der Waals surface area contributed by atoms with Crippen LogP contribution in [0.25, 0.3) is 0 Å². The minimum atomic E-state index is -0.124. The zero-order valence-electron chi connectivity index (χ0n) is 20.0. The Kier molecular flexibility index (Phi) is 8.25.